The summed E-state index contributed by atoms with van der Waals surface area (Å²) >= 11 is 0. The van der Waals surface area contributed by atoms with Crippen molar-refractivity contribution in [3.8, 4) is 11.5 Å². The predicted molar refractivity (Wildman–Crippen MR) is 112 cm³/mol. The van der Waals surface area contributed by atoms with Crippen molar-refractivity contribution in [1.29, 1.82) is 0 Å². The van der Waals surface area contributed by atoms with Crippen molar-refractivity contribution in [2.45, 2.75) is 13.0 Å². The number of benzene rings is 2. The van der Waals surface area contributed by atoms with Crippen molar-refractivity contribution in [2.24, 2.45) is 0 Å². The van der Waals surface area contributed by atoms with Crippen molar-refractivity contribution in [2.75, 3.05) is 5.32 Å². The number of hydrogen-bond donors (Lipinski definition) is 1. The van der Waals surface area contributed by atoms with Crippen LogP contribution in [0.5, 0.6) is 0 Å². The van der Waals surface area contributed by atoms with Crippen molar-refractivity contribution < 1.29 is 0 Å². The highest BCUT2D eigenvalue weighted by atomic mass is 15.2. The van der Waals surface area contributed by atoms with E-state index in [4.69, 9.17) is 4.98 Å². The highest BCUT2D eigenvalue weighted by Gasteiger charge is 2.10. The second-order valence-electron chi connectivity index (χ2n) is 6.79. The molecule has 0 spiro atoms. The SMILES string of the molecule is CC(Nc1cncc(-n2cnc3ccccc32)n1)c1ccc(-n2ccnc2)cc1. The van der Waals surface area contributed by atoms with E-state index < -0.39 is 0 Å². The fraction of sp³-hybridized carbons (Fsp3) is 0.0909. The third kappa shape index (κ3) is 3.34. The Labute approximate surface area is 167 Å². The first-order chi connectivity index (χ1) is 14.3. The number of anilines is 1. The molecule has 1 unspecified atom stereocenters. The molecule has 7 nitrogen and oxygen atoms in total. The molecule has 1 atom stereocenters. The highest BCUT2D eigenvalue weighted by molar-refractivity contribution is 5.76. The summed E-state index contributed by atoms with van der Waals surface area (Å²) in [5.74, 6) is 1.44. The van der Waals surface area contributed by atoms with Crippen LogP contribution in [0.1, 0.15) is 18.5 Å². The summed E-state index contributed by atoms with van der Waals surface area (Å²) in [5.41, 5.74) is 4.17. The summed E-state index contributed by atoms with van der Waals surface area (Å²) < 4.78 is 3.92. The molecule has 5 rings (SSSR count). The number of nitrogens with one attached hydrogen (secondary N) is 1. The molecule has 142 valence electrons. The van der Waals surface area contributed by atoms with Crippen molar-refractivity contribution in [3.63, 3.8) is 0 Å². The molecule has 0 saturated heterocycles. The molecule has 7 heteroatoms. The van der Waals surface area contributed by atoms with Crippen LogP contribution in [-0.4, -0.2) is 29.1 Å². The summed E-state index contributed by atoms with van der Waals surface area (Å²) in [4.78, 5) is 17.6. The number of imidazole rings is 2. The van der Waals surface area contributed by atoms with E-state index in [0.29, 0.717) is 5.82 Å². The van der Waals surface area contributed by atoms with Gasteiger partial charge in [-0.25, -0.2) is 15.0 Å². The van der Waals surface area contributed by atoms with Gasteiger partial charge in [-0.3, -0.25) is 9.55 Å². The molecule has 0 radical (unpaired) electrons. The molecule has 3 heterocycles. The number of hydrogen-bond acceptors (Lipinski definition) is 5. The lowest BCUT2D eigenvalue weighted by Gasteiger charge is -2.16. The number of rotatable bonds is 5. The van der Waals surface area contributed by atoms with Crippen molar-refractivity contribution >= 4 is 16.9 Å². The van der Waals surface area contributed by atoms with Crippen LogP contribution in [0.2, 0.25) is 0 Å². The minimum absolute atomic E-state index is 0.0796. The van der Waals surface area contributed by atoms with Gasteiger partial charge in [0.25, 0.3) is 0 Å². The van der Waals surface area contributed by atoms with Gasteiger partial charge in [-0.2, -0.15) is 0 Å². The fourth-order valence-electron chi connectivity index (χ4n) is 3.34. The van der Waals surface area contributed by atoms with Gasteiger partial charge in [-0.05, 0) is 36.8 Å². The van der Waals surface area contributed by atoms with E-state index in [2.05, 4.69) is 51.5 Å². The van der Waals surface area contributed by atoms with E-state index in [9.17, 15) is 0 Å². The maximum atomic E-state index is 4.73. The summed E-state index contributed by atoms with van der Waals surface area (Å²) in [5, 5.41) is 3.44. The van der Waals surface area contributed by atoms with Gasteiger partial charge in [0.2, 0.25) is 0 Å². The van der Waals surface area contributed by atoms with Crippen molar-refractivity contribution in [3.05, 3.63) is 91.5 Å². The van der Waals surface area contributed by atoms with Crippen LogP contribution in [0.3, 0.4) is 0 Å². The van der Waals surface area contributed by atoms with E-state index in [-0.39, 0.29) is 6.04 Å². The number of aromatic nitrogens is 6. The smallest absolute Gasteiger partial charge is 0.159 e. The molecular formula is C22H19N7. The molecule has 1 N–H and O–H groups in total. The van der Waals surface area contributed by atoms with Gasteiger partial charge in [-0.15, -0.1) is 0 Å². The minimum atomic E-state index is 0.0796. The Bertz CT molecular complexity index is 1240. The molecule has 2 aromatic carbocycles. The zero-order valence-electron chi connectivity index (χ0n) is 15.8. The summed E-state index contributed by atoms with van der Waals surface area (Å²) in [7, 11) is 0. The highest BCUT2D eigenvalue weighted by Crippen LogP contribution is 2.21. The topological polar surface area (TPSA) is 73.5 Å². The van der Waals surface area contributed by atoms with Gasteiger partial charge in [0.15, 0.2) is 5.82 Å². The first kappa shape index (κ1) is 17.1. The lowest BCUT2D eigenvalue weighted by atomic mass is 10.1. The maximum absolute atomic E-state index is 4.73. The Morgan fingerprint density at radius 3 is 2.62 bits per heavy atom. The number of fused-ring (bicyclic) bond motifs is 1. The Morgan fingerprint density at radius 2 is 1.79 bits per heavy atom. The number of nitrogens with zero attached hydrogens (tertiary/aromatic N) is 6. The molecule has 0 bridgehead atoms. The standard InChI is InChI=1S/C22H19N7/c1-16(17-6-8-18(9-7-17)28-11-10-23-14-28)26-21-12-24-13-22(27-21)29-15-25-19-4-2-3-5-20(19)29/h2-16H,1H3,(H,26,27). The molecule has 0 aliphatic carbocycles. The molecular weight excluding hydrogens is 362 g/mol. The van der Waals surface area contributed by atoms with E-state index in [1.165, 1.54) is 0 Å². The molecule has 29 heavy (non-hydrogen) atoms. The quantitative estimate of drug-likeness (QED) is 0.494. The molecule has 3 aromatic heterocycles. The molecule has 0 aliphatic rings. The summed E-state index contributed by atoms with van der Waals surface area (Å²) in [6.45, 7) is 2.10. The zero-order valence-corrected chi connectivity index (χ0v) is 15.8. The molecule has 5 aromatic rings. The second-order valence-corrected chi connectivity index (χ2v) is 6.79. The van der Waals surface area contributed by atoms with Crippen LogP contribution in [0.25, 0.3) is 22.5 Å². The monoisotopic (exact) mass is 381 g/mol. The third-order valence-electron chi connectivity index (χ3n) is 4.88. The van der Waals surface area contributed by atoms with Gasteiger partial charge in [0, 0.05) is 24.1 Å². The van der Waals surface area contributed by atoms with Gasteiger partial charge >= 0.3 is 0 Å². The van der Waals surface area contributed by atoms with E-state index in [0.717, 1.165) is 28.1 Å². The first-order valence-corrected chi connectivity index (χ1v) is 9.37. The van der Waals surface area contributed by atoms with Crippen LogP contribution < -0.4 is 5.32 Å². The largest absolute Gasteiger partial charge is 0.362 e. The average molecular weight is 381 g/mol. The van der Waals surface area contributed by atoms with E-state index in [1.54, 1.807) is 31.2 Å². The zero-order chi connectivity index (χ0) is 19.6. The molecule has 0 saturated carbocycles. The molecule has 0 amide bonds. The van der Waals surface area contributed by atoms with Gasteiger partial charge in [-0.1, -0.05) is 24.3 Å². The Balaban J connectivity index is 1.37. The Morgan fingerprint density at radius 1 is 0.931 bits per heavy atom. The van der Waals surface area contributed by atoms with Crippen molar-refractivity contribution in [1.82, 2.24) is 29.1 Å². The van der Waals surface area contributed by atoms with Gasteiger partial charge in [0.1, 0.15) is 12.1 Å². The van der Waals surface area contributed by atoms with E-state index in [1.807, 2.05) is 39.6 Å². The summed E-state index contributed by atoms with van der Waals surface area (Å²) in [6.07, 6.45) is 10.7. The fourth-order valence-corrected chi connectivity index (χ4v) is 3.34. The van der Waals surface area contributed by atoms with E-state index >= 15 is 0 Å². The Hall–Kier alpha value is -4.00. The van der Waals surface area contributed by atoms with Crippen LogP contribution in [0.15, 0.2) is 86.0 Å². The first-order valence-electron chi connectivity index (χ1n) is 9.37. The second kappa shape index (κ2) is 7.20. The van der Waals surface area contributed by atoms with Crippen LogP contribution >= 0.6 is 0 Å². The van der Waals surface area contributed by atoms with Gasteiger partial charge in [0.05, 0.1) is 29.8 Å². The average Bonchev–Trinajstić information content (AvgIpc) is 3.44. The molecule has 0 aliphatic heterocycles. The van der Waals surface area contributed by atoms with Crippen LogP contribution in [-0.2, 0) is 0 Å². The van der Waals surface area contributed by atoms with Crippen LogP contribution in [0, 0.1) is 0 Å². The lowest BCUT2D eigenvalue weighted by molar-refractivity contribution is 0.864. The molecule has 0 fully saturated rings. The lowest BCUT2D eigenvalue weighted by Crippen LogP contribution is -2.09. The maximum Gasteiger partial charge on any atom is 0.159 e. The van der Waals surface area contributed by atoms with Gasteiger partial charge < -0.3 is 9.88 Å². The Kier molecular flexibility index (Phi) is 4.25. The normalized spacial score (nSPS) is 12.2. The van der Waals surface area contributed by atoms with Crippen LogP contribution in [0.4, 0.5) is 5.82 Å². The summed E-state index contributed by atoms with van der Waals surface area (Å²) in [6, 6.07) is 16.4. The number of para-hydroxylation sites is 2. The third-order valence-corrected chi connectivity index (χ3v) is 4.88. The minimum Gasteiger partial charge on any atom is -0.362 e. The predicted octanol–water partition coefficient (Wildman–Crippen LogP) is 4.17.